The zero-order valence-corrected chi connectivity index (χ0v) is 18.0. The zero-order valence-electron chi connectivity index (χ0n) is 18.0. The third kappa shape index (κ3) is 4.68. The molecular weight excluding hydrogens is 438 g/mol. The number of esters is 1. The van der Waals surface area contributed by atoms with E-state index in [1.54, 1.807) is 48.5 Å². The summed E-state index contributed by atoms with van der Waals surface area (Å²) >= 11 is 0. The van der Waals surface area contributed by atoms with Crippen LogP contribution < -0.4 is 15.5 Å². The van der Waals surface area contributed by atoms with Crippen LogP contribution in [0.5, 0.6) is 0 Å². The molecule has 0 spiro atoms. The summed E-state index contributed by atoms with van der Waals surface area (Å²) in [5.74, 6) is -2.51. The van der Waals surface area contributed by atoms with Gasteiger partial charge < -0.3 is 15.4 Å². The van der Waals surface area contributed by atoms with E-state index in [2.05, 4.69) is 10.6 Å². The van der Waals surface area contributed by atoms with Gasteiger partial charge in [0.2, 0.25) is 5.91 Å². The third-order valence-electron chi connectivity index (χ3n) is 4.96. The fourth-order valence-corrected chi connectivity index (χ4v) is 3.45. The highest BCUT2D eigenvalue weighted by atomic mass is 16.5. The molecule has 0 unspecified atom stereocenters. The Bertz CT molecular complexity index is 1280. The smallest absolute Gasteiger partial charge is 0.338 e. The molecule has 4 rings (SSSR count). The van der Waals surface area contributed by atoms with E-state index in [0.717, 1.165) is 4.90 Å². The molecule has 0 saturated heterocycles. The first-order valence-electron chi connectivity index (χ1n) is 10.3. The second-order valence-electron chi connectivity index (χ2n) is 7.42. The number of nitrogens with zero attached hydrogens (tertiary/aromatic N) is 1. The lowest BCUT2D eigenvalue weighted by atomic mass is 10.1. The average Bonchev–Trinajstić information content (AvgIpc) is 3.08. The van der Waals surface area contributed by atoms with Crippen molar-refractivity contribution in [3.63, 3.8) is 0 Å². The fraction of sp³-hybridized carbons (Fsp3) is 0.0800. The number of imide groups is 1. The van der Waals surface area contributed by atoms with Crippen LogP contribution in [0.25, 0.3) is 0 Å². The van der Waals surface area contributed by atoms with E-state index in [-0.39, 0.29) is 17.2 Å². The van der Waals surface area contributed by atoms with Crippen molar-refractivity contribution in [2.24, 2.45) is 0 Å². The molecule has 3 aromatic carbocycles. The second-order valence-corrected chi connectivity index (χ2v) is 7.42. The maximum absolute atomic E-state index is 12.7. The van der Waals surface area contributed by atoms with Crippen molar-refractivity contribution in [3.05, 3.63) is 89.5 Å². The quantitative estimate of drug-likeness (QED) is 0.433. The number of hydrogen-bond acceptors (Lipinski definition) is 6. The van der Waals surface area contributed by atoms with Crippen LogP contribution in [0.3, 0.4) is 0 Å². The van der Waals surface area contributed by atoms with Gasteiger partial charge in [0.05, 0.1) is 22.4 Å². The number of carbonyl (C=O) groups excluding carboxylic acids is 5. The van der Waals surface area contributed by atoms with Gasteiger partial charge in [0, 0.05) is 18.3 Å². The largest absolute Gasteiger partial charge is 0.452 e. The van der Waals surface area contributed by atoms with E-state index in [4.69, 9.17) is 4.74 Å². The molecule has 1 aliphatic heterocycles. The molecule has 0 atom stereocenters. The second kappa shape index (κ2) is 9.37. The van der Waals surface area contributed by atoms with Gasteiger partial charge in [-0.05, 0) is 54.6 Å². The molecule has 1 heterocycles. The number of benzene rings is 3. The van der Waals surface area contributed by atoms with Crippen molar-refractivity contribution in [1.29, 1.82) is 0 Å². The first-order chi connectivity index (χ1) is 16.3. The van der Waals surface area contributed by atoms with Crippen LogP contribution in [0, 0.1) is 0 Å². The average molecular weight is 457 g/mol. The lowest BCUT2D eigenvalue weighted by Gasteiger charge is -2.15. The molecule has 0 fully saturated rings. The Morgan fingerprint density at radius 3 is 1.97 bits per heavy atom. The molecule has 1 aliphatic rings. The van der Waals surface area contributed by atoms with Crippen molar-refractivity contribution in [2.45, 2.75) is 6.92 Å². The molecule has 2 N–H and O–H groups in total. The van der Waals surface area contributed by atoms with E-state index in [9.17, 15) is 24.0 Å². The van der Waals surface area contributed by atoms with E-state index in [1.807, 2.05) is 0 Å². The van der Waals surface area contributed by atoms with Gasteiger partial charge >= 0.3 is 5.97 Å². The SMILES string of the molecule is CC(=O)Nc1ccc(NC(=O)COC(=O)c2cccc(N3C(=O)c4ccccc4C3=O)c2)cc1. The Hall–Kier alpha value is -4.79. The Balaban J connectivity index is 1.38. The molecule has 0 aliphatic carbocycles. The number of rotatable bonds is 6. The monoisotopic (exact) mass is 457 g/mol. The lowest BCUT2D eigenvalue weighted by molar-refractivity contribution is -0.119. The Morgan fingerprint density at radius 2 is 1.38 bits per heavy atom. The minimum absolute atomic E-state index is 0.0847. The predicted octanol–water partition coefficient (Wildman–Crippen LogP) is 3.24. The molecule has 3 aromatic rings. The molecule has 9 nitrogen and oxygen atoms in total. The van der Waals surface area contributed by atoms with Gasteiger partial charge in [0.15, 0.2) is 6.61 Å². The zero-order chi connectivity index (χ0) is 24.2. The molecule has 0 saturated carbocycles. The maximum atomic E-state index is 12.7. The van der Waals surface area contributed by atoms with Gasteiger partial charge in [-0.25, -0.2) is 9.69 Å². The summed E-state index contributed by atoms with van der Waals surface area (Å²) in [4.78, 5) is 62.0. The summed E-state index contributed by atoms with van der Waals surface area (Å²) < 4.78 is 5.08. The Morgan fingerprint density at radius 1 is 0.794 bits per heavy atom. The Labute approximate surface area is 194 Å². The van der Waals surface area contributed by atoms with Gasteiger partial charge in [0.25, 0.3) is 17.7 Å². The molecule has 0 bridgehead atoms. The minimum atomic E-state index is -0.783. The van der Waals surface area contributed by atoms with E-state index in [0.29, 0.717) is 22.5 Å². The third-order valence-corrected chi connectivity index (χ3v) is 4.96. The minimum Gasteiger partial charge on any atom is -0.452 e. The first-order valence-corrected chi connectivity index (χ1v) is 10.3. The Kier molecular flexibility index (Phi) is 6.18. The molecule has 170 valence electrons. The number of fused-ring (bicyclic) bond motifs is 1. The van der Waals surface area contributed by atoms with Crippen molar-refractivity contribution < 1.29 is 28.7 Å². The number of ether oxygens (including phenoxy) is 1. The van der Waals surface area contributed by atoms with Gasteiger partial charge in [-0.3, -0.25) is 19.2 Å². The van der Waals surface area contributed by atoms with E-state index in [1.165, 1.54) is 31.2 Å². The summed E-state index contributed by atoms with van der Waals surface area (Å²) in [6.07, 6.45) is 0. The topological polar surface area (TPSA) is 122 Å². The standard InChI is InChI=1S/C25H19N3O6/c1-15(29)26-17-9-11-18(12-10-17)27-22(30)14-34-25(33)16-5-4-6-19(13-16)28-23(31)20-7-2-3-8-21(20)24(28)32/h2-13H,14H2,1H3,(H,26,29)(H,27,30). The van der Waals surface area contributed by atoms with Crippen molar-refractivity contribution in [3.8, 4) is 0 Å². The van der Waals surface area contributed by atoms with Crippen LogP contribution in [0.2, 0.25) is 0 Å². The van der Waals surface area contributed by atoms with Crippen LogP contribution in [0.1, 0.15) is 38.0 Å². The van der Waals surface area contributed by atoms with E-state index >= 15 is 0 Å². The first kappa shape index (κ1) is 22.4. The highest BCUT2D eigenvalue weighted by molar-refractivity contribution is 6.34. The summed E-state index contributed by atoms with van der Waals surface area (Å²) in [7, 11) is 0. The molecule has 34 heavy (non-hydrogen) atoms. The van der Waals surface area contributed by atoms with Crippen molar-refractivity contribution >= 4 is 46.7 Å². The van der Waals surface area contributed by atoms with Crippen LogP contribution in [-0.2, 0) is 14.3 Å². The fourth-order valence-electron chi connectivity index (χ4n) is 3.45. The van der Waals surface area contributed by atoms with Crippen molar-refractivity contribution in [1.82, 2.24) is 0 Å². The van der Waals surface area contributed by atoms with Gasteiger partial charge in [-0.2, -0.15) is 0 Å². The molecule has 0 radical (unpaired) electrons. The van der Waals surface area contributed by atoms with Crippen LogP contribution in [-0.4, -0.2) is 36.2 Å². The van der Waals surface area contributed by atoms with Crippen LogP contribution in [0.15, 0.2) is 72.8 Å². The van der Waals surface area contributed by atoms with Crippen molar-refractivity contribution in [2.75, 3.05) is 22.1 Å². The number of carbonyl (C=O) groups is 5. The molecule has 0 aromatic heterocycles. The summed E-state index contributed by atoms with van der Waals surface area (Å²) in [5, 5.41) is 5.19. The predicted molar refractivity (Wildman–Crippen MR) is 124 cm³/mol. The van der Waals surface area contributed by atoms with Gasteiger partial charge in [-0.15, -0.1) is 0 Å². The summed E-state index contributed by atoms with van der Waals surface area (Å²) in [5.41, 5.74) is 1.94. The lowest BCUT2D eigenvalue weighted by Crippen LogP contribution is -2.29. The van der Waals surface area contributed by atoms with Gasteiger partial charge in [-0.1, -0.05) is 18.2 Å². The normalized spacial score (nSPS) is 12.2. The summed E-state index contributed by atoms with van der Waals surface area (Å²) in [6.45, 7) is 0.850. The molecule has 4 amide bonds. The highest BCUT2D eigenvalue weighted by Gasteiger charge is 2.36. The van der Waals surface area contributed by atoms with E-state index < -0.39 is 30.3 Å². The maximum Gasteiger partial charge on any atom is 0.338 e. The number of hydrogen-bond donors (Lipinski definition) is 2. The highest BCUT2D eigenvalue weighted by Crippen LogP contribution is 2.28. The number of nitrogens with one attached hydrogen (secondary N) is 2. The van der Waals surface area contributed by atoms with Gasteiger partial charge in [0.1, 0.15) is 0 Å². The van der Waals surface area contributed by atoms with Crippen LogP contribution >= 0.6 is 0 Å². The number of amides is 4. The molecule has 9 heteroatoms. The summed E-state index contributed by atoms with van der Waals surface area (Å²) in [6, 6.07) is 18.8. The van der Waals surface area contributed by atoms with Crippen LogP contribution in [0.4, 0.5) is 17.1 Å². The molecular formula is C25H19N3O6. The number of anilines is 3.